The highest BCUT2D eigenvalue weighted by Crippen LogP contribution is 2.24. The highest BCUT2D eigenvalue weighted by molar-refractivity contribution is 5.86. The largest absolute Gasteiger partial charge is 0.497 e. The Morgan fingerprint density at radius 1 is 1.07 bits per heavy atom. The van der Waals surface area contributed by atoms with Gasteiger partial charge in [0.2, 0.25) is 0 Å². The number of hydrogen-bond acceptors (Lipinski definition) is 3. The molecule has 0 radical (unpaired) electrons. The molecule has 0 aliphatic rings. The van der Waals surface area contributed by atoms with Gasteiger partial charge in [-0.05, 0) is 40.2 Å². The molecule has 0 saturated carbocycles. The van der Waals surface area contributed by atoms with Crippen LogP contribution in [0.2, 0.25) is 0 Å². The van der Waals surface area contributed by atoms with Gasteiger partial charge in [0.05, 0.1) is 7.11 Å². The number of rotatable bonds is 2. The van der Waals surface area contributed by atoms with E-state index in [4.69, 9.17) is 4.74 Å². The van der Waals surface area contributed by atoms with Crippen molar-refractivity contribution in [2.24, 2.45) is 5.18 Å². The first kappa shape index (κ1) is 8.69. The fourth-order valence-electron chi connectivity index (χ4n) is 1.39. The smallest absolute Gasteiger partial charge is 0.119 e. The van der Waals surface area contributed by atoms with Crippen LogP contribution < -0.4 is 4.74 Å². The van der Waals surface area contributed by atoms with E-state index in [1.165, 1.54) is 0 Å². The van der Waals surface area contributed by atoms with Crippen molar-refractivity contribution >= 4 is 16.5 Å². The molecule has 2 rings (SSSR count). The van der Waals surface area contributed by atoms with Crippen molar-refractivity contribution in [3.05, 3.63) is 41.3 Å². The average Bonchev–Trinajstić information content (AvgIpc) is 2.27. The van der Waals surface area contributed by atoms with Crippen LogP contribution in [0.1, 0.15) is 0 Å². The highest BCUT2D eigenvalue weighted by atomic mass is 16.5. The predicted octanol–water partition coefficient (Wildman–Crippen LogP) is 3.25. The summed E-state index contributed by atoms with van der Waals surface area (Å²) in [5, 5.41) is 4.91. The first-order valence-corrected chi connectivity index (χ1v) is 4.24. The molecule has 70 valence electrons. The molecule has 0 aliphatic carbocycles. The number of methoxy groups -OCH3 is 1. The summed E-state index contributed by atoms with van der Waals surface area (Å²) in [6, 6.07) is 11.0. The van der Waals surface area contributed by atoms with Gasteiger partial charge in [0.15, 0.2) is 0 Å². The molecule has 0 heterocycles. The lowest BCUT2D eigenvalue weighted by molar-refractivity contribution is 0.415. The van der Waals surface area contributed by atoms with Gasteiger partial charge >= 0.3 is 0 Å². The first-order chi connectivity index (χ1) is 6.83. The summed E-state index contributed by atoms with van der Waals surface area (Å²) < 4.78 is 5.09. The monoisotopic (exact) mass is 187 g/mol. The lowest BCUT2D eigenvalue weighted by Gasteiger charge is -2.02. The van der Waals surface area contributed by atoms with E-state index in [0.717, 1.165) is 16.5 Å². The zero-order chi connectivity index (χ0) is 9.97. The predicted molar refractivity (Wildman–Crippen MR) is 56.0 cm³/mol. The minimum atomic E-state index is 0.447. The average molecular weight is 187 g/mol. The molecule has 0 atom stereocenters. The molecule has 0 spiro atoms. The van der Waals surface area contributed by atoms with Crippen LogP contribution in [-0.4, -0.2) is 7.11 Å². The molecule has 0 bridgehead atoms. The number of nitrogens with zero attached hydrogens (tertiary/aromatic N) is 1. The summed E-state index contributed by atoms with van der Waals surface area (Å²) in [4.78, 5) is 10.3. The molecular weight excluding hydrogens is 178 g/mol. The molecule has 0 fully saturated rings. The quantitative estimate of drug-likeness (QED) is 0.677. The van der Waals surface area contributed by atoms with Crippen LogP contribution in [0.4, 0.5) is 5.69 Å². The number of ether oxygens (including phenoxy) is 1. The normalized spacial score (nSPS) is 10.1. The summed E-state index contributed by atoms with van der Waals surface area (Å²) >= 11 is 0. The molecule has 0 N–H and O–H groups in total. The van der Waals surface area contributed by atoms with Gasteiger partial charge in [-0.1, -0.05) is 12.1 Å². The van der Waals surface area contributed by atoms with Crippen LogP contribution in [0.15, 0.2) is 41.6 Å². The minimum Gasteiger partial charge on any atom is -0.497 e. The van der Waals surface area contributed by atoms with Crippen molar-refractivity contribution in [3.63, 3.8) is 0 Å². The third-order valence-corrected chi connectivity index (χ3v) is 2.14. The van der Waals surface area contributed by atoms with Gasteiger partial charge < -0.3 is 4.74 Å². The van der Waals surface area contributed by atoms with E-state index >= 15 is 0 Å². The van der Waals surface area contributed by atoms with Gasteiger partial charge in [0.1, 0.15) is 11.4 Å². The van der Waals surface area contributed by atoms with Crippen LogP contribution in [0.5, 0.6) is 5.75 Å². The van der Waals surface area contributed by atoms with E-state index in [2.05, 4.69) is 5.18 Å². The van der Waals surface area contributed by atoms with Crippen molar-refractivity contribution < 1.29 is 4.74 Å². The number of benzene rings is 2. The molecule has 0 aromatic heterocycles. The van der Waals surface area contributed by atoms with Crippen molar-refractivity contribution in [1.29, 1.82) is 0 Å². The van der Waals surface area contributed by atoms with E-state index in [9.17, 15) is 4.91 Å². The van der Waals surface area contributed by atoms with E-state index in [0.29, 0.717) is 5.69 Å². The summed E-state index contributed by atoms with van der Waals surface area (Å²) in [7, 11) is 1.63. The van der Waals surface area contributed by atoms with Gasteiger partial charge in [0, 0.05) is 0 Å². The molecule has 0 amide bonds. The second-order valence-electron chi connectivity index (χ2n) is 2.99. The standard InChI is InChI=1S/C11H9NO2/c1-14-11-5-3-8-6-10(12-13)4-2-9(8)7-11/h2-7H,1H3. The maximum absolute atomic E-state index is 10.3. The number of hydrogen-bond donors (Lipinski definition) is 0. The summed E-state index contributed by atoms with van der Waals surface area (Å²) in [5.74, 6) is 0.810. The molecular formula is C11H9NO2. The third kappa shape index (κ3) is 1.44. The third-order valence-electron chi connectivity index (χ3n) is 2.14. The molecule has 3 heteroatoms. The Hall–Kier alpha value is -1.90. The van der Waals surface area contributed by atoms with Crippen molar-refractivity contribution in [2.75, 3.05) is 7.11 Å². The van der Waals surface area contributed by atoms with Crippen LogP contribution in [0.3, 0.4) is 0 Å². The van der Waals surface area contributed by atoms with Crippen LogP contribution >= 0.6 is 0 Å². The summed E-state index contributed by atoms with van der Waals surface area (Å²) in [6.45, 7) is 0. The number of nitroso groups, excluding NO2 is 1. The Morgan fingerprint density at radius 2 is 1.79 bits per heavy atom. The van der Waals surface area contributed by atoms with E-state index in [-0.39, 0.29) is 0 Å². The van der Waals surface area contributed by atoms with E-state index in [1.807, 2.05) is 24.3 Å². The maximum atomic E-state index is 10.3. The Morgan fingerprint density at radius 3 is 2.50 bits per heavy atom. The zero-order valence-electron chi connectivity index (χ0n) is 7.73. The molecule has 2 aromatic rings. The highest BCUT2D eigenvalue weighted by Gasteiger charge is 1.98. The Kier molecular flexibility index (Phi) is 2.14. The van der Waals surface area contributed by atoms with Crippen LogP contribution in [-0.2, 0) is 0 Å². The van der Waals surface area contributed by atoms with Gasteiger partial charge in [0.25, 0.3) is 0 Å². The van der Waals surface area contributed by atoms with Gasteiger partial charge in [-0.3, -0.25) is 0 Å². The summed E-state index contributed by atoms with van der Waals surface area (Å²) in [5.41, 5.74) is 0.447. The summed E-state index contributed by atoms with van der Waals surface area (Å²) in [6.07, 6.45) is 0. The second-order valence-corrected chi connectivity index (χ2v) is 2.99. The second kappa shape index (κ2) is 3.46. The number of fused-ring (bicyclic) bond motifs is 1. The van der Waals surface area contributed by atoms with Crippen molar-refractivity contribution in [3.8, 4) is 5.75 Å². The molecule has 2 aromatic carbocycles. The Balaban J connectivity index is 2.63. The van der Waals surface area contributed by atoms with Gasteiger partial charge in [-0.15, -0.1) is 4.91 Å². The molecule has 14 heavy (non-hydrogen) atoms. The molecule has 0 unspecified atom stereocenters. The minimum absolute atomic E-state index is 0.447. The van der Waals surface area contributed by atoms with E-state index < -0.39 is 0 Å². The van der Waals surface area contributed by atoms with Crippen LogP contribution in [0, 0.1) is 4.91 Å². The van der Waals surface area contributed by atoms with Crippen molar-refractivity contribution in [2.45, 2.75) is 0 Å². The van der Waals surface area contributed by atoms with Gasteiger partial charge in [-0.2, -0.15) is 0 Å². The van der Waals surface area contributed by atoms with E-state index in [1.54, 1.807) is 19.2 Å². The zero-order valence-corrected chi connectivity index (χ0v) is 7.73. The first-order valence-electron chi connectivity index (χ1n) is 4.24. The van der Waals surface area contributed by atoms with Gasteiger partial charge in [-0.25, -0.2) is 0 Å². The Labute approximate surface area is 81.3 Å². The van der Waals surface area contributed by atoms with Crippen LogP contribution in [0.25, 0.3) is 10.8 Å². The SMILES string of the molecule is COc1ccc2cc(N=O)ccc2c1. The fourth-order valence-corrected chi connectivity index (χ4v) is 1.39. The molecule has 3 nitrogen and oxygen atoms in total. The lowest BCUT2D eigenvalue weighted by Crippen LogP contribution is -1.81. The molecule has 0 aliphatic heterocycles. The topological polar surface area (TPSA) is 38.7 Å². The van der Waals surface area contributed by atoms with Crippen molar-refractivity contribution in [1.82, 2.24) is 0 Å². The molecule has 0 saturated heterocycles. The Bertz CT molecular complexity index is 480. The lowest BCUT2D eigenvalue weighted by atomic mass is 10.1. The maximum Gasteiger partial charge on any atom is 0.119 e. The fraction of sp³-hybridized carbons (Fsp3) is 0.0909.